The summed E-state index contributed by atoms with van der Waals surface area (Å²) in [6.45, 7) is 2.26. The van der Waals surface area contributed by atoms with Crippen LogP contribution in [0.4, 0.5) is 0 Å². The number of hydrogen-bond acceptors (Lipinski definition) is 5. The number of carboxylic acid groups (broad SMARTS) is 1. The molecule has 0 aromatic heterocycles. The molecule has 1 aliphatic rings. The van der Waals surface area contributed by atoms with E-state index in [2.05, 4.69) is 4.72 Å². The van der Waals surface area contributed by atoms with Crippen LogP contribution in [0.15, 0.2) is 47.4 Å². The number of fused-ring (bicyclic) bond motifs is 1. The van der Waals surface area contributed by atoms with Gasteiger partial charge in [0.15, 0.2) is 0 Å². The van der Waals surface area contributed by atoms with Crippen LogP contribution in [0.5, 0.6) is 5.75 Å². The van der Waals surface area contributed by atoms with E-state index in [1.165, 1.54) is 17.0 Å². The molecule has 0 saturated heterocycles. The Morgan fingerprint density at radius 3 is 2.59 bits per heavy atom. The van der Waals surface area contributed by atoms with E-state index in [0.717, 1.165) is 5.56 Å². The summed E-state index contributed by atoms with van der Waals surface area (Å²) in [5, 5.41) is 8.96. The zero-order valence-corrected chi connectivity index (χ0v) is 16.7. The van der Waals surface area contributed by atoms with Crippen LogP contribution < -0.4 is 9.46 Å². The third kappa shape index (κ3) is 5.33. The molecule has 0 aliphatic carbocycles. The lowest BCUT2D eigenvalue weighted by Gasteiger charge is -2.20. The lowest BCUT2D eigenvalue weighted by Crippen LogP contribution is -2.40. The summed E-state index contributed by atoms with van der Waals surface area (Å²) in [5.41, 5.74) is 2.23. The standard InChI is InChI=1S/C20H22N2O6S/c1-14-2-5-17(6-3-14)29(26,27)21-12-19(23)22-8-9-28-18-7-4-15(11-20(24)25)10-16(18)13-22/h2-7,10,21H,8-9,11-13H2,1H3,(H,24,25). The van der Waals surface area contributed by atoms with Gasteiger partial charge in [0, 0.05) is 12.1 Å². The number of carbonyl (C=O) groups excluding carboxylic acids is 1. The van der Waals surface area contributed by atoms with Crippen molar-refractivity contribution in [3.63, 3.8) is 0 Å². The molecule has 2 N–H and O–H groups in total. The normalized spacial score (nSPS) is 13.9. The molecule has 0 spiro atoms. The number of aryl methyl sites for hydroxylation is 1. The summed E-state index contributed by atoms with van der Waals surface area (Å²) in [5.74, 6) is -0.742. The largest absolute Gasteiger partial charge is 0.491 e. The third-order valence-corrected chi connectivity index (χ3v) is 5.97. The minimum atomic E-state index is -3.79. The van der Waals surface area contributed by atoms with E-state index in [9.17, 15) is 18.0 Å². The van der Waals surface area contributed by atoms with Crippen molar-refractivity contribution in [3.8, 4) is 5.75 Å². The highest BCUT2D eigenvalue weighted by atomic mass is 32.2. The van der Waals surface area contributed by atoms with E-state index in [-0.39, 0.29) is 36.9 Å². The SMILES string of the molecule is Cc1ccc(S(=O)(=O)NCC(=O)N2CCOc3ccc(CC(=O)O)cc3C2)cc1. The fourth-order valence-electron chi connectivity index (χ4n) is 3.01. The number of sulfonamides is 1. The van der Waals surface area contributed by atoms with Crippen molar-refractivity contribution in [2.75, 3.05) is 19.7 Å². The number of aliphatic carboxylic acids is 1. The predicted octanol–water partition coefficient (Wildman–Crippen LogP) is 1.32. The summed E-state index contributed by atoms with van der Waals surface area (Å²) in [6.07, 6.45) is -0.127. The van der Waals surface area contributed by atoms with Crippen molar-refractivity contribution in [2.45, 2.75) is 24.8 Å². The first kappa shape index (κ1) is 20.8. The van der Waals surface area contributed by atoms with Crippen molar-refractivity contribution in [1.82, 2.24) is 9.62 Å². The second-order valence-electron chi connectivity index (χ2n) is 6.81. The minimum absolute atomic E-state index is 0.0961. The Kier molecular flexibility index (Phi) is 6.19. The number of hydrogen-bond donors (Lipinski definition) is 2. The van der Waals surface area contributed by atoms with Gasteiger partial charge in [0.2, 0.25) is 15.9 Å². The summed E-state index contributed by atoms with van der Waals surface area (Å²) in [6, 6.07) is 11.4. The number of ether oxygens (including phenoxy) is 1. The Hall–Kier alpha value is -2.91. The van der Waals surface area contributed by atoms with Crippen molar-refractivity contribution < 1.29 is 27.9 Å². The molecule has 9 heteroatoms. The summed E-state index contributed by atoms with van der Waals surface area (Å²) in [4.78, 5) is 25.1. The van der Waals surface area contributed by atoms with Gasteiger partial charge in [-0.05, 0) is 36.8 Å². The maximum Gasteiger partial charge on any atom is 0.307 e. The number of carbonyl (C=O) groups is 2. The predicted molar refractivity (Wildman–Crippen MR) is 105 cm³/mol. The van der Waals surface area contributed by atoms with E-state index in [0.29, 0.717) is 23.4 Å². The summed E-state index contributed by atoms with van der Waals surface area (Å²) >= 11 is 0. The Morgan fingerprint density at radius 2 is 1.90 bits per heavy atom. The molecule has 0 bridgehead atoms. The molecule has 1 aliphatic heterocycles. The van der Waals surface area contributed by atoms with E-state index >= 15 is 0 Å². The van der Waals surface area contributed by atoms with Gasteiger partial charge in [0.25, 0.3) is 0 Å². The first-order valence-electron chi connectivity index (χ1n) is 9.05. The molecule has 2 aromatic rings. The molecule has 2 aromatic carbocycles. The summed E-state index contributed by atoms with van der Waals surface area (Å²) < 4.78 is 32.7. The maximum atomic E-state index is 12.6. The molecule has 29 heavy (non-hydrogen) atoms. The van der Waals surface area contributed by atoms with Crippen molar-refractivity contribution in [3.05, 3.63) is 59.2 Å². The molecule has 0 atom stereocenters. The van der Waals surface area contributed by atoms with Gasteiger partial charge in [-0.1, -0.05) is 23.8 Å². The van der Waals surface area contributed by atoms with Gasteiger partial charge in [0.1, 0.15) is 12.4 Å². The molecule has 8 nitrogen and oxygen atoms in total. The van der Waals surface area contributed by atoms with Gasteiger partial charge in [-0.15, -0.1) is 0 Å². The van der Waals surface area contributed by atoms with Crippen LogP contribution >= 0.6 is 0 Å². The third-order valence-electron chi connectivity index (χ3n) is 4.56. The fourth-order valence-corrected chi connectivity index (χ4v) is 3.99. The van der Waals surface area contributed by atoms with E-state index in [1.54, 1.807) is 30.3 Å². The van der Waals surface area contributed by atoms with Crippen LogP contribution in [-0.4, -0.2) is 50.0 Å². The van der Waals surface area contributed by atoms with E-state index < -0.39 is 16.0 Å². The summed E-state index contributed by atoms with van der Waals surface area (Å²) in [7, 11) is -3.79. The molecular weight excluding hydrogens is 396 g/mol. The van der Waals surface area contributed by atoms with Crippen LogP contribution in [0, 0.1) is 6.92 Å². The quantitative estimate of drug-likeness (QED) is 0.732. The molecule has 154 valence electrons. The average molecular weight is 418 g/mol. The van der Waals surface area contributed by atoms with Crippen LogP contribution in [0.3, 0.4) is 0 Å². The Bertz CT molecular complexity index is 1020. The Balaban J connectivity index is 1.68. The lowest BCUT2D eigenvalue weighted by atomic mass is 10.1. The van der Waals surface area contributed by atoms with Crippen molar-refractivity contribution in [1.29, 1.82) is 0 Å². The monoisotopic (exact) mass is 418 g/mol. The van der Waals surface area contributed by atoms with Crippen molar-refractivity contribution in [2.24, 2.45) is 0 Å². The topological polar surface area (TPSA) is 113 Å². The molecule has 0 radical (unpaired) electrons. The number of nitrogens with zero attached hydrogens (tertiary/aromatic N) is 1. The Labute approximate surface area is 169 Å². The van der Waals surface area contributed by atoms with Crippen LogP contribution in [0.1, 0.15) is 16.7 Å². The number of nitrogens with one attached hydrogen (secondary N) is 1. The zero-order valence-electron chi connectivity index (χ0n) is 15.9. The number of carboxylic acids is 1. The van der Waals surface area contributed by atoms with Gasteiger partial charge in [0.05, 0.1) is 24.4 Å². The minimum Gasteiger partial charge on any atom is -0.491 e. The molecular formula is C20H22N2O6S. The lowest BCUT2D eigenvalue weighted by molar-refractivity contribution is -0.136. The number of benzene rings is 2. The second-order valence-corrected chi connectivity index (χ2v) is 8.58. The average Bonchev–Trinajstić information content (AvgIpc) is 2.88. The highest BCUT2D eigenvalue weighted by Gasteiger charge is 2.22. The van der Waals surface area contributed by atoms with Gasteiger partial charge >= 0.3 is 5.97 Å². The van der Waals surface area contributed by atoms with Gasteiger partial charge < -0.3 is 14.7 Å². The van der Waals surface area contributed by atoms with E-state index in [1.807, 2.05) is 6.92 Å². The zero-order chi connectivity index (χ0) is 21.0. The highest BCUT2D eigenvalue weighted by Crippen LogP contribution is 2.24. The van der Waals surface area contributed by atoms with Crippen LogP contribution in [0.2, 0.25) is 0 Å². The molecule has 1 heterocycles. The number of amides is 1. The van der Waals surface area contributed by atoms with E-state index in [4.69, 9.17) is 9.84 Å². The maximum absolute atomic E-state index is 12.6. The van der Waals surface area contributed by atoms with Gasteiger partial charge in [-0.3, -0.25) is 9.59 Å². The first-order valence-corrected chi connectivity index (χ1v) is 10.5. The molecule has 0 saturated carbocycles. The van der Waals surface area contributed by atoms with Crippen LogP contribution in [0.25, 0.3) is 0 Å². The van der Waals surface area contributed by atoms with Gasteiger partial charge in [-0.2, -0.15) is 0 Å². The van der Waals surface area contributed by atoms with Crippen molar-refractivity contribution >= 4 is 21.9 Å². The van der Waals surface area contributed by atoms with Gasteiger partial charge in [-0.25, -0.2) is 13.1 Å². The highest BCUT2D eigenvalue weighted by molar-refractivity contribution is 7.89. The molecule has 0 fully saturated rings. The smallest absolute Gasteiger partial charge is 0.307 e. The fraction of sp³-hybridized carbons (Fsp3) is 0.300. The molecule has 0 unspecified atom stereocenters. The second kappa shape index (κ2) is 8.62. The first-order chi connectivity index (χ1) is 13.7. The Morgan fingerprint density at radius 1 is 1.17 bits per heavy atom. The van der Waals surface area contributed by atoms with Crippen LogP contribution in [-0.2, 0) is 32.6 Å². The number of rotatable bonds is 6. The molecule has 3 rings (SSSR count). The molecule has 1 amide bonds.